The molecule has 1 aliphatic rings. The maximum Gasteiger partial charge on any atom is 0.168 e. The number of hydrogen-bond acceptors (Lipinski definition) is 4. The highest BCUT2D eigenvalue weighted by Crippen LogP contribution is 2.27. The summed E-state index contributed by atoms with van der Waals surface area (Å²) >= 11 is 1.84. The lowest BCUT2D eigenvalue weighted by atomic mass is 9.98. The van der Waals surface area contributed by atoms with Crippen LogP contribution in [0.25, 0.3) is 0 Å². The lowest BCUT2D eigenvalue weighted by molar-refractivity contribution is 0.0933. The summed E-state index contributed by atoms with van der Waals surface area (Å²) in [6.45, 7) is 0. The number of methoxy groups -OCH3 is 1. The number of nitrogens with zero attached hydrogens (tertiary/aromatic N) is 1. The number of pyridine rings is 1. The first-order valence-electron chi connectivity index (χ1n) is 4.92. The predicted molar refractivity (Wildman–Crippen MR) is 60.6 cm³/mol. The van der Waals surface area contributed by atoms with E-state index in [0.717, 1.165) is 17.9 Å². The fraction of sp³-hybridized carbons (Fsp3) is 0.455. The van der Waals surface area contributed by atoms with E-state index in [9.17, 15) is 4.79 Å². The molecule has 1 aromatic rings. The number of carbonyl (C=O) groups is 1. The summed E-state index contributed by atoms with van der Waals surface area (Å²) in [5.74, 6) is 3.05. The molecule has 0 amide bonds. The minimum atomic E-state index is 0.170. The molecule has 80 valence electrons. The van der Waals surface area contributed by atoms with E-state index in [-0.39, 0.29) is 11.7 Å². The molecule has 1 fully saturated rings. The number of hydrogen-bond donors (Lipinski definition) is 0. The second-order valence-electron chi connectivity index (χ2n) is 3.54. The van der Waals surface area contributed by atoms with Crippen LogP contribution in [-0.2, 0) is 0 Å². The molecule has 0 bridgehead atoms. The largest absolute Gasteiger partial charge is 0.495 e. The van der Waals surface area contributed by atoms with Crippen LogP contribution in [0.5, 0.6) is 5.75 Å². The number of carbonyl (C=O) groups excluding carboxylic acids is 1. The average molecular weight is 223 g/mol. The SMILES string of the molecule is COc1cncc(C(=O)C2CCSC2)c1. The van der Waals surface area contributed by atoms with Crippen molar-refractivity contribution >= 4 is 17.5 Å². The third-order valence-corrected chi connectivity index (χ3v) is 3.70. The first kappa shape index (κ1) is 10.5. The molecule has 2 rings (SSSR count). The third kappa shape index (κ3) is 2.31. The molecule has 0 N–H and O–H groups in total. The van der Waals surface area contributed by atoms with Crippen LogP contribution < -0.4 is 4.74 Å². The van der Waals surface area contributed by atoms with Crippen molar-refractivity contribution in [2.75, 3.05) is 18.6 Å². The summed E-state index contributed by atoms with van der Waals surface area (Å²) in [7, 11) is 1.58. The van der Waals surface area contributed by atoms with Gasteiger partial charge in [0.05, 0.1) is 13.3 Å². The lowest BCUT2D eigenvalue weighted by Gasteiger charge is -2.07. The zero-order valence-corrected chi connectivity index (χ0v) is 9.42. The van der Waals surface area contributed by atoms with Crippen LogP contribution >= 0.6 is 11.8 Å². The van der Waals surface area contributed by atoms with Crippen molar-refractivity contribution in [2.45, 2.75) is 6.42 Å². The van der Waals surface area contributed by atoms with Crippen molar-refractivity contribution in [3.05, 3.63) is 24.0 Å². The van der Waals surface area contributed by atoms with Crippen LogP contribution in [0.4, 0.5) is 0 Å². The Morgan fingerprint density at radius 1 is 1.60 bits per heavy atom. The topological polar surface area (TPSA) is 39.2 Å². The Morgan fingerprint density at radius 3 is 3.13 bits per heavy atom. The summed E-state index contributed by atoms with van der Waals surface area (Å²) in [5.41, 5.74) is 0.668. The quantitative estimate of drug-likeness (QED) is 0.735. The van der Waals surface area contributed by atoms with Gasteiger partial charge in [0.2, 0.25) is 0 Å². The van der Waals surface area contributed by atoms with Gasteiger partial charge in [0.25, 0.3) is 0 Å². The standard InChI is InChI=1S/C11H13NO2S/c1-14-10-4-9(5-12-6-10)11(13)8-2-3-15-7-8/h4-6,8H,2-3,7H2,1H3. The molecule has 0 radical (unpaired) electrons. The summed E-state index contributed by atoms with van der Waals surface area (Å²) in [6, 6.07) is 1.76. The van der Waals surface area contributed by atoms with Crippen molar-refractivity contribution < 1.29 is 9.53 Å². The molecule has 1 aliphatic heterocycles. The molecule has 1 aromatic heterocycles. The lowest BCUT2D eigenvalue weighted by Crippen LogP contribution is -2.14. The fourth-order valence-electron chi connectivity index (χ4n) is 1.64. The maximum atomic E-state index is 12.0. The molecule has 0 aromatic carbocycles. The smallest absolute Gasteiger partial charge is 0.168 e. The highest BCUT2D eigenvalue weighted by Gasteiger charge is 2.24. The summed E-state index contributed by atoms with van der Waals surface area (Å²) in [5, 5.41) is 0. The van der Waals surface area contributed by atoms with E-state index in [2.05, 4.69) is 4.98 Å². The van der Waals surface area contributed by atoms with Gasteiger partial charge in [-0.2, -0.15) is 11.8 Å². The Kier molecular flexibility index (Phi) is 3.26. The van der Waals surface area contributed by atoms with Crippen molar-refractivity contribution in [3.8, 4) is 5.75 Å². The van der Waals surface area contributed by atoms with Gasteiger partial charge in [0, 0.05) is 23.4 Å². The van der Waals surface area contributed by atoms with Crippen LogP contribution in [0.1, 0.15) is 16.8 Å². The van der Waals surface area contributed by atoms with E-state index >= 15 is 0 Å². The summed E-state index contributed by atoms with van der Waals surface area (Å²) in [4.78, 5) is 16.0. The molecule has 2 heterocycles. The van der Waals surface area contributed by atoms with Gasteiger partial charge in [-0.1, -0.05) is 0 Å². The summed E-state index contributed by atoms with van der Waals surface area (Å²) < 4.78 is 5.05. The van der Waals surface area contributed by atoms with Crippen molar-refractivity contribution in [3.63, 3.8) is 0 Å². The Balaban J connectivity index is 2.17. The second kappa shape index (κ2) is 4.66. The number of ketones is 1. The first-order chi connectivity index (χ1) is 7.31. The van der Waals surface area contributed by atoms with Crippen LogP contribution in [0.2, 0.25) is 0 Å². The van der Waals surface area contributed by atoms with Gasteiger partial charge >= 0.3 is 0 Å². The molecule has 1 unspecified atom stereocenters. The Bertz CT molecular complexity index is 361. The third-order valence-electron chi connectivity index (χ3n) is 2.53. The van der Waals surface area contributed by atoms with Gasteiger partial charge in [-0.15, -0.1) is 0 Å². The number of aromatic nitrogens is 1. The Labute approximate surface area is 93.2 Å². The minimum absolute atomic E-state index is 0.170. The first-order valence-corrected chi connectivity index (χ1v) is 6.07. The van der Waals surface area contributed by atoms with Gasteiger partial charge in [-0.25, -0.2) is 0 Å². The monoisotopic (exact) mass is 223 g/mol. The van der Waals surface area contributed by atoms with Crippen LogP contribution in [0.3, 0.4) is 0 Å². The van der Waals surface area contributed by atoms with E-state index in [1.165, 1.54) is 0 Å². The zero-order chi connectivity index (χ0) is 10.7. The zero-order valence-electron chi connectivity index (χ0n) is 8.60. The van der Waals surface area contributed by atoms with Crippen molar-refractivity contribution in [1.29, 1.82) is 0 Å². The highest BCUT2D eigenvalue weighted by atomic mass is 32.2. The molecule has 0 saturated carbocycles. The van der Waals surface area contributed by atoms with E-state index in [1.807, 2.05) is 11.8 Å². The van der Waals surface area contributed by atoms with Gasteiger partial charge < -0.3 is 4.74 Å². The Morgan fingerprint density at radius 2 is 2.47 bits per heavy atom. The number of ether oxygens (including phenoxy) is 1. The van der Waals surface area contributed by atoms with Gasteiger partial charge in [0.15, 0.2) is 5.78 Å². The molecule has 4 heteroatoms. The molecule has 0 spiro atoms. The van der Waals surface area contributed by atoms with E-state index in [1.54, 1.807) is 25.6 Å². The Hall–Kier alpha value is -1.03. The van der Waals surface area contributed by atoms with Gasteiger partial charge in [0.1, 0.15) is 5.75 Å². The number of thioether (sulfide) groups is 1. The van der Waals surface area contributed by atoms with Crippen LogP contribution in [0.15, 0.2) is 18.5 Å². The van der Waals surface area contributed by atoms with E-state index in [4.69, 9.17) is 4.74 Å². The van der Waals surface area contributed by atoms with Crippen LogP contribution in [0, 0.1) is 5.92 Å². The van der Waals surface area contributed by atoms with E-state index < -0.39 is 0 Å². The molecule has 1 saturated heterocycles. The molecule has 3 nitrogen and oxygen atoms in total. The second-order valence-corrected chi connectivity index (χ2v) is 4.69. The van der Waals surface area contributed by atoms with Crippen molar-refractivity contribution in [1.82, 2.24) is 4.98 Å². The van der Waals surface area contributed by atoms with E-state index in [0.29, 0.717) is 11.3 Å². The maximum absolute atomic E-state index is 12.0. The number of Topliss-reactive ketones (excluding diaryl/α,β-unsaturated/α-hetero) is 1. The molecular formula is C11H13NO2S. The fourth-order valence-corrected chi connectivity index (χ4v) is 2.86. The van der Waals surface area contributed by atoms with Crippen LogP contribution in [-0.4, -0.2) is 29.4 Å². The average Bonchev–Trinajstić information content (AvgIpc) is 2.81. The minimum Gasteiger partial charge on any atom is -0.495 e. The van der Waals surface area contributed by atoms with Gasteiger partial charge in [-0.05, 0) is 18.2 Å². The normalized spacial score (nSPS) is 20.2. The highest BCUT2D eigenvalue weighted by molar-refractivity contribution is 7.99. The predicted octanol–water partition coefficient (Wildman–Crippen LogP) is 2.03. The molecule has 15 heavy (non-hydrogen) atoms. The van der Waals surface area contributed by atoms with Gasteiger partial charge in [-0.3, -0.25) is 9.78 Å². The molecule has 1 atom stereocenters. The molecular weight excluding hydrogens is 210 g/mol. The summed E-state index contributed by atoms with van der Waals surface area (Å²) in [6.07, 6.45) is 4.22. The van der Waals surface area contributed by atoms with Crippen molar-refractivity contribution in [2.24, 2.45) is 5.92 Å². The molecule has 0 aliphatic carbocycles. The number of rotatable bonds is 3.